The third kappa shape index (κ3) is 5.60. The Kier molecular flexibility index (Phi) is 7.29. The normalized spacial score (nSPS) is 16.1. The van der Waals surface area contributed by atoms with Gasteiger partial charge in [-0.3, -0.25) is 14.6 Å². The lowest BCUT2D eigenvalue weighted by Gasteiger charge is -2.34. The van der Waals surface area contributed by atoms with Crippen LogP contribution in [0.25, 0.3) is 11.4 Å². The molecule has 6 nitrogen and oxygen atoms in total. The summed E-state index contributed by atoms with van der Waals surface area (Å²) in [5, 5.41) is 3.04. The Morgan fingerprint density at radius 3 is 2.50 bits per heavy atom. The number of rotatable bonds is 8. The monoisotopic (exact) mass is 435 g/mol. The van der Waals surface area contributed by atoms with Crippen LogP contribution in [-0.2, 0) is 11.3 Å². The molecule has 0 aliphatic carbocycles. The van der Waals surface area contributed by atoms with Gasteiger partial charge in [-0.1, -0.05) is 48.5 Å². The highest BCUT2D eigenvalue weighted by Crippen LogP contribution is 2.19. The molecule has 1 aromatic heterocycles. The average Bonchev–Trinajstić information content (AvgIpc) is 3.32. The summed E-state index contributed by atoms with van der Waals surface area (Å²) in [6, 6.07) is 16.8. The van der Waals surface area contributed by atoms with Crippen LogP contribution in [0.4, 0.5) is 4.39 Å². The first-order valence-electron chi connectivity index (χ1n) is 11.2. The number of H-pyrrole nitrogens is 1. The maximum atomic E-state index is 13.9. The van der Waals surface area contributed by atoms with Crippen LogP contribution in [0.15, 0.2) is 60.8 Å². The zero-order valence-electron chi connectivity index (χ0n) is 18.4. The van der Waals surface area contributed by atoms with E-state index in [9.17, 15) is 9.18 Å². The largest absolute Gasteiger partial charge is 0.354 e. The Morgan fingerprint density at radius 1 is 1.06 bits per heavy atom. The van der Waals surface area contributed by atoms with Crippen molar-refractivity contribution in [2.24, 2.45) is 0 Å². The molecule has 4 rings (SSSR count). The zero-order chi connectivity index (χ0) is 22.3. The van der Waals surface area contributed by atoms with Gasteiger partial charge in [-0.15, -0.1) is 0 Å². The third-order valence-electron chi connectivity index (χ3n) is 6.05. The van der Waals surface area contributed by atoms with E-state index in [1.807, 2.05) is 49.4 Å². The fourth-order valence-electron chi connectivity index (χ4n) is 3.97. The van der Waals surface area contributed by atoms with Gasteiger partial charge in [0.05, 0.1) is 5.92 Å². The summed E-state index contributed by atoms with van der Waals surface area (Å²) in [7, 11) is 0. The molecule has 1 unspecified atom stereocenters. The summed E-state index contributed by atoms with van der Waals surface area (Å²) in [6.07, 6.45) is 1.74. The molecule has 7 heteroatoms. The molecule has 0 radical (unpaired) electrons. The summed E-state index contributed by atoms with van der Waals surface area (Å²) in [4.78, 5) is 24.9. The van der Waals surface area contributed by atoms with E-state index >= 15 is 0 Å². The van der Waals surface area contributed by atoms with Crippen molar-refractivity contribution in [2.45, 2.75) is 19.4 Å². The van der Waals surface area contributed by atoms with Crippen molar-refractivity contribution in [2.75, 3.05) is 39.3 Å². The van der Waals surface area contributed by atoms with Crippen molar-refractivity contribution in [3.05, 3.63) is 77.9 Å². The number of carbonyl (C=O) groups excluding carboxylic acids is 1. The van der Waals surface area contributed by atoms with Crippen LogP contribution in [-0.4, -0.2) is 64.9 Å². The van der Waals surface area contributed by atoms with Gasteiger partial charge < -0.3 is 10.3 Å². The van der Waals surface area contributed by atoms with Crippen LogP contribution in [0, 0.1) is 5.82 Å². The molecule has 3 aromatic rings. The second kappa shape index (κ2) is 10.5. The molecule has 32 heavy (non-hydrogen) atoms. The number of aromatic nitrogens is 2. The molecule has 1 amide bonds. The first-order chi connectivity index (χ1) is 15.6. The number of nitrogens with one attached hydrogen (secondary N) is 2. The first-order valence-corrected chi connectivity index (χ1v) is 11.2. The van der Waals surface area contributed by atoms with E-state index in [0.717, 1.165) is 55.4 Å². The van der Waals surface area contributed by atoms with E-state index < -0.39 is 0 Å². The van der Waals surface area contributed by atoms with Crippen LogP contribution in [0.3, 0.4) is 0 Å². The van der Waals surface area contributed by atoms with Crippen LogP contribution >= 0.6 is 0 Å². The quantitative estimate of drug-likeness (QED) is 0.570. The Bertz CT molecular complexity index is 1010. The smallest absolute Gasteiger partial charge is 0.228 e. The van der Waals surface area contributed by atoms with Gasteiger partial charge in [0.2, 0.25) is 5.91 Å². The topological polar surface area (TPSA) is 64.3 Å². The number of piperazine rings is 1. The van der Waals surface area contributed by atoms with Crippen molar-refractivity contribution in [3.8, 4) is 11.4 Å². The highest BCUT2D eigenvalue weighted by atomic mass is 19.1. The number of hydrogen-bond donors (Lipinski definition) is 2. The van der Waals surface area contributed by atoms with E-state index in [1.165, 1.54) is 6.07 Å². The van der Waals surface area contributed by atoms with E-state index in [2.05, 4.69) is 25.1 Å². The number of halogens is 1. The Labute approximate surface area is 188 Å². The van der Waals surface area contributed by atoms with Gasteiger partial charge in [-0.25, -0.2) is 9.37 Å². The molecule has 168 valence electrons. The maximum absolute atomic E-state index is 13.9. The molecule has 1 fully saturated rings. The number of nitrogens with zero attached hydrogens (tertiary/aromatic N) is 3. The predicted octanol–water partition coefficient (Wildman–Crippen LogP) is 3.25. The Hall–Kier alpha value is -3.03. The minimum Gasteiger partial charge on any atom is -0.354 e. The van der Waals surface area contributed by atoms with E-state index in [4.69, 9.17) is 0 Å². The van der Waals surface area contributed by atoms with Gasteiger partial charge in [-0.2, -0.15) is 0 Å². The lowest BCUT2D eigenvalue weighted by Crippen LogP contribution is -2.48. The Morgan fingerprint density at radius 2 is 1.75 bits per heavy atom. The Balaban J connectivity index is 1.18. The molecule has 1 atom stereocenters. The van der Waals surface area contributed by atoms with Gasteiger partial charge in [0, 0.05) is 68.8 Å². The number of carbonyl (C=O) groups is 1. The van der Waals surface area contributed by atoms with Gasteiger partial charge in [0.25, 0.3) is 0 Å². The predicted molar refractivity (Wildman–Crippen MR) is 124 cm³/mol. The fraction of sp³-hybridized carbons (Fsp3) is 0.360. The molecular formula is C25H30FN5O. The van der Waals surface area contributed by atoms with Crippen LogP contribution in [0.1, 0.15) is 24.1 Å². The minimum atomic E-state index is -0.294. The van der Waals surface area contributed by atoms with Crippen molar-refractivity contribution < 1.29 is 9.18 Å². The summed E-state index contributed by atoms with van der Waals surface area (Å²) in [5.41, 5.74) is 2.56. The average molecular weight is 436 g/mol. The highest BCUT2D eigenvalue weighted by molar-refractivity contribution is 5.82. The molecule has 2 heterocycles. The van der Waals surface area contributed by atoms with Crippen LogP contribution in [0.5, 0.6) is 0 Å². The molecule has 2 N–H and O–H groups in total. The lowest BCUT2D eigenvalue weighted by molar-refractivity contribution is -0.122. The van der Waals surface area contributed by atoms with Crippen LogP contribution < -0.4 is 5.32 Å². The number of amides is 1. The van der Waals surface area contributed by atoms with Crippen molar-refractivity contribution in [1.29, 1.82) is 0 Å². The molecule has 1 saturated heterocycles. The number of benzene rings is 2. The maximum Gasteiger partial charge on any atom is 0.228 e. The first kappa shape index (κ1) is 22.2. The molecule has 0 bridgehead atoms. The number of hydrogen-bond acceptors (Lipinski definition) is 4. The van der Waals surface area contributed by atoms with E-state index in [-0.39, 0.29) is 17.6 Å². The molecule has 1 aliphatic heterocycles. The van der Waals surface area contributed by atoms with Crippen molar-refractivity contribution in [3.63, 3.8) is 0 Å². The van der Waals surface area contributed by atoms with E-state index in [1.54, 1.807) is 12.3 Å². The molecule has 1 aliphatic rings. The highest BCUT2D eigenvalue weighted by Gasteiger charge is 2.20. The second-order valence-corrected chi connectivity index (χ2v) is 8.28. The summed E-state index contributed by atoms with van der Waals surface area (Å²) < 4.78 is 13.9. The van der Waals surface area contributed by atoms with Gasteiger partial charge in [-0.05, 0) is 13.0 Å². The van der Waals surface area contributed by atoms with Gasteiger partial charge in [0.15, 0.2) is 0 Å². The zero-order valence-corrected chi connectivity index (χ0v) is 18.4. The molecule has 2 aromatic carbocycles. The van der Waals surface area contributed by atoms with Gasteiger partial charge >= 0.3 is 0 Å². The summed E-state index contributed by atoms with van der Waals surface area (Å²) >= 11 is 0. The van der Waals surface area contributed by atoms with Crippen LogP contribution in [0.2, 0.25) is 0 Å². The van der Waals surface area contributed by atoms with Gasteiger partial charge in [0.1, 0.15) is 11.6 Å². The lowest BCUT2D eigenvalue weighted by atomic mass is 10.1. The summed E-state index contributed by atoms with van der Waals surface area (Å²) in [5.74, 6) is 0.331. The van der Waals surface area contributed by atoms with E-state index in [0.29, 0.717) is 13.1 Å². The standard InChI is InChI=1S/C25H30FN5O/c1-19(23-17-28-24(29-23)20-7-3-2-4-8-20)25(32)27-11-12-30-13-15-31(16-14-30)18-21-9-5-6-10-22(21)26/h2-10,17,19H,11-16,18H2,1H3,(H,27,32)(H,28,29). The van der Waals surface area contributed by atoms with Crippen molar-refractivity contribution in [1.82, 2.24) is 25.1 Å². The SMILES string of the molecule is CC(C(=O)NCCN1CCN(Cc2ccccc2F)CC1)c1cnc(-c2ccccc2)[nH]1. The second-order valence-electron chi connectivity index (χ2n) is 8.28. The number of aromatic amines is 1. The molecule has 0 saturated carbocycles. The fourth-order valence-corrected chi connectivity index (χ4v) is 3.97. The molecular weight excluding hydrogens is 405 g/mol. The molecule has 0 spiro atoms. The van der Waals surface area contributed by atoms with Crippen molar-refractivity contribution >= 4 is 5.91 Å². The summed E-state index contributed by atoms with van der Waals surface area (Å²) in [6.45, 7) is 7.58. The minimum absolute atomic E-state index is 0.00792. The number of imidazole rings is 1. The third-order valence-corrected chi connectivity index (χ3v) is 6.05.